The first-order valence-electron chi connectivity index (χ1n) is 29.7. The summed E-state index contributed by atoms with van der Waals surface area (Å²) in [5.41, 5.74) is 22.8. The lowest BCUT2D eigenvalue weighted by Gasteiger charge is -2.27. The minimum absolute atomic E-state index is 0.0251. The van der Waals surface area contributed by atoms with Gasteiger partial charge in [0, 0.05) is 32.4 Å². The minimum atomic E-state index is -1.95. The number of hydrogen-bond donors (Lipinski definition) is 19. The third-order valence-corrected chi connectivity index (χ3v) is 13.7. The number of nitrogens with zero attached hydrogens (tertiary/aromatic N) is 2. The van der Waals surface area contributed by atoms with Crippen LogP contribution in [0.3, 0.4) is 0 Å². The Balaban J connectivity index is 2.32. The first-order valence-corrected chi connectivity index (χ1v) is 29.7. The summed E-state index contributed by atoms with van der Waals surface area (Å²) >= 11 is 0. The Morgan fingerprint density at radius 2 is 0.739 bits per heavy atom. The van der Waals surface area contributed by atoms with Crippen LogP contribution in [0, 0.1) is 0 Å². The Labute approximate surface area is 530 Å². The number of carboxylic acid groups (broad SMARTS) is 3. The number of aliphatic imine (C=N–C) groups is 2. The number of rotatable bonds is 44. The van der Waals surface area contributed by atoms with Gasteiger partial charge in [0.2, 0.25) is 59.1 Å². The number of carbonyl (C=O) groups is 13. The van der Waals surface area contributed by atoms with E-state index >= 15 is 0 Å². The van der Waals surface area contributed by atoms with Crippen LogP contribution in [-0.4, -0.2) is 201 Å². The largest absolute Gasteiger partial charge is 0.481 e. The first-order chi connectivity index (χ1) is 43.6. The van der Waals surface area contributed by atoms with Gasteiger partial charge in [-0.1, -0.05) is 93.3 Å². The van der Waals surface area contributed by atoms with Crippen LogP contribution >= 0.6 is 0 Å². The quantitative estimate of drug-likeness (QED) is 0.0168. The van der Waals surface area contributed by atoms with Gasteiger partial charge in [0.25, 0.3) is 0 Å². The van der Waals surface area contributed by atoms with E-state index in [1.807, 2.05) is 12.2 Å². The van der Waals surface area contributed by atoms with Crippen LogP contribution in [-0.2, 0) is 75.2 Å². The normalized spacial score (nSPS) is 14.1. The van der Waals surface area contributed by atoms with Gasteiger partial charge in [0.15, 0.2) is 11.9 Å². The zero-order valence-corrected chi connectivity index (χ0v) is 51.5. The number of benzene rings is 2. The average molecular weight is 1300 g/mol. The fourth-order valence-corrected chi connectivity index (χ4v) is 8.68. The van der Waals surface area contributed by atoms with E-state index in [9.17, 15) is 87.9 Å². The van der Waals surface area contributed by atoms with Gasteiger partial charge in [-0.15, -0.1) is 0 Å². The molecule has 2 aromatic rings. The number of nitrogens with two attached hydrogens (primary N) is 4. The van der Waals surface area contributed by atoms with Crippen molar-refractivity contribution in [2.45, 2.75) is 171 Å². The molecule has 0 fully saturated rings. The fraction of sp³-hybridized carbons (Fsp3) is 0.534. The predicted molar refractivity (Wildman–Crippen MR) is 330 cm³/mol. The summed E-state index contributed by atoms with van der Waals surface area (Å²) in [5.74, 6) is -15.7. The maximum absolute atomic E-state index is 14.1. The molecule has 0 aliphatic rings. The van der Waals surface area contributed by atoms with Crippen LogP contribution in [0.5, 0.6) is 0 Å². The van der Waals surface area contributed by atoms with Crippen LogP contribution in [0.25, 0.3) is 0 Å². The van der Waals surface area contributed by atoms with Crippen molar-refractivity contribution < 1.29 is 87.9 Å². The zero-order valence-electron chi connectivity index (χ0n) is 51.5. The van der Waals surface area contributed by atoms with Crippen molar-refractivity contribution in [1.82, 2.24) is 53.2 Å². The van der Waals surface area contributed by atoms with E-state index in [-0.39, 0.29) is 70.0 Å². The molecule has 0 heterocycles. The molecule has 34 nitrogen and oxygen atoms in total. The fourth-order valence-electron chi connectivity index (χ4n) is 8.68. The molecule has 23 N–H and O–H groups in total. The summed E-state index contributed by atoms with van der Waals surface area (Å²) in [6.45, 7) is 2.19. The molecule has 92 heavy (non-hydrogen) atoms. The number of aliphatic hydroxyl groups is 2. The van der Waals surface area contributed by atoms with E-state index in [1.54, 1.807) is 60.7 Å². The van der Waals surface area contributed by atoms with Crippen molar-refractivity contribution in [3.05, 3.63) is 71.8 Å². The van der Waals surface area contributed by atoms with Crippen molar-refractivity contribution in [1.29, 1.82) is 0 Å². The highest BCUT2D eigenvalue weighted by molar-refractivity contribution is 6.00. The van der Waals surface area contributed by atoms with Gasteiger partial charge >= 0.3 is 17.9 Å². The number of guanidine groups is 2. The monoisotopic (exact) mass is 1300 g/mol. The van der Waals surface area contributed by atoms with E-state index in [0.29, 0.717) is 17.5 Å². The molecular formula is C58H88N16O18. The van der Waals surface area contributed by atoms with E-state index in [0.717, 1.165) is 32.6 Å². The molecule has 0 aromatic heterocycles. The number of unbranched alkanes of at least 4 members (excludes halogenated alkanes) is 4. The molecule has 10 atom stereocenters. The maximum Gasteiger partial charge on any atom is 0.328 e. The second-order valence-electron chi connectivity index (χ2n) is 21.3. The van der Waals surface area contributed by atoms with Gasteiger partial charge in [-0.25, -0.2) is 4.79 Å². The number of hydrogen-bond acceptors (Lipinski definition) is 17. The number of amides is 10. The van der Waals surface area contributed by atoms with Crippen LogP contribution in [0.1, 0.15) is 109 Å². The highest BCUT2D eigenvalue weighted by Crippen LogP contribution is 2.12. The number of aliphatic hydroxyl groups excluding tert-OH is 2. The molecule has 2 aromatic carbocycles. The number of carbonyl (C=O) groups excluding carboxylic acids is 10. The average Bonchev–Trinajstić information content (AvgIpc) is 1.07. The molecule has 508 valence electrons. The highest BCUT2D eigenvalue weighted by atomic mass is 16.4. The summed E-state index contributed by atoms with van der Waals surface area (Å²) < 4.78 is 0. The summed E-state index contributed by atoms with van der Waals surface area (Å²) in [7, 11) is 0. The van der Waals surface area contributed by atoms with Crippen molar-refractivity contribution in [3.63, 3.8) is 0 Å². The molecule has 2 rings (SSSR count). The summed E-state index contributed by atoms with van der Waals surface area (Å²) in [6, 6.07) is -0.254. The molecule has 0 spiro atoms. The van der Waals surface area contributed by atoms with Crippen LogP contribution in [0.2, 0.25) is 0 Å². The van der Waals surface area contributed by atoms with Crippen LogP contribution in [0.4, 0.5) is 0 Å². The Kier molecular flexibility index (Phi) is 35.7. The lowest BCUT2D eigenvalue weighted by Crippen LogP contribution is -2.61. The molecule has 0 aliphatic heterocycles. The standard InChI is InChI=1S/C58H88N16O18/c1-4-5-6-7-14-23-44(77)67-36(21-15-24-63-57(59)60)49(84)69-38(26-34-17-10-8-11-18-34)51(86)71-40(28-45(78)79)53(88)73-42(30-75)55(90)66-32(2)47(82)65-33(3)48(83)68-37(22-16-25-64-58(61)62)50(85)70-39(27-35-19-12-9-13-20-35)52(87)72-41(29-46(80)81)54(89)74-43(31-76)56(91)92/h8-13,17-20,32-33,36-43,75-76H,4-7,14-16,21-31H2,1-3H3,(H,65,82)(H,66,90)(H,67,77)(H,68,83)(H,69,84)(H,70,85)(H,71,86)(H,72,87)(H,73,88)(H,74,89)(H,78,79)(H,80,81)(H,91,92)(H4,59,60,63)(H4,61,62,64)/t32-,33-,36-,37-,38-,39-,40-,41-,42-,43-/m0/s1. The Morgan fingerprint density at radius 1 is 0.402 bits per heavy atom. The Bertz CT molecular complexity index is 2860. The molecule has 0 aliphatic carbocycles. The van der Waals surface area contributed by atoms with Crippen molar-refractivity contribution in [2.75, 3.05) is 26.3 Å². The minimum Gasteiger partial charge on any atom is -0.481 e. The smallest absolute Gasteiger partial charge is 0.328 e. The Hall–Kier alpha value is -9.99. The van der Waals surface area contributed by atoms with E-state index < -0.39 is 163 Å². The molecule has 0 radical (unpaired) electrons. The lowest BCUT2D eigenvalue weighted by atomic mass is 10.0. The van der Waals surface area contributed by atoms with Crippen molar-refractivity contribution in [2.24, 2.45) is 32.9 Å². The predicted octanol–water partition coefficient (Wildman–Crippen LogP) is -5.15. The zero-order chi connectivity index (χ0) is 68.9. The SMILES string of the molecule is CCCCCCCC(=O)N[C@@H](CCCN=C(N)N)C(=O)N[C@@H](Cc1ccccc1)C(=O)N[C@@H](CC(=O)O)C(=O)N[C@@H](CO)C(=O)N[C@@H](C)C(=O)N[C@@H](C)C(=O)N[C@@H](CCCN=C(N)N)C(=O)N[C@@H](Cc1ccccc1)C(=O)N[C@@H](CC(=O)O)C(=O)N[C@@H](CO)C(=O)O. The molecule has 0 bridgehead atoms. The second kappa shape index (κ2) is 42.1. The maximum atomic E-state index is 14.1. The third-order valence-electron chi connectivity index (χ3n) is 13.7. The van der Waals surface area contributed by atoms with Crippen LogP contribution in [0.15, 0.2) is 70.6 Å². The number of carboxylic acids is 3. The van der Waals surface area contributed by atoms with Crippen molar-refractivity contribution >= 4 is 88.9 Å². The second-order valence-corrected chi connectivity index (χ2v) is 21.3. The van der Waals surface area contributed by atoms with Gasteiger partial charge in [-0.3, -0.25) is 67.5 Å². The third kappa shape index (κ3) is 31.0. The van der Waals surface area contributed by atoms with Gasteiger partial charge in [-0.05, 0) is 57.1 Å². The van der Waals surface area contributed by atoms with Gasteiger partial charge in [0.05, 0.1) is 26.1 Å². The van der Waals surface area contributed by atoms with Gasteiger partial charge < -0.3 is 102 Å². The molecular weight excluding hydrogens is 1210 g/mol. The summed E-state index contributed by atoms with van der Waals surface area (Å²) in [5, 5.41) is 71.8. The lowest BCUT2D eigenvalue weighted by molar-refractivity contribution is -0.144. The number of aliphatic carboxylic acids is 3. The molecule has 10 amide bonds. The number of nitrogens with one attached hydrogen (secondary N) is 10. The molecule has 0 saturated heterocycles. The highest BCUT2D eigenvalue weighted by Gasteiger charge is 2.36. The van der Waals surface area contributed by atoms with E-state index in [1.165, 1.54) is 6.92 Å². The Morgan fingerprint density at radius 3 is 1.14 bits per heavy atom. The summed E-state index contributed by atoms with van der Waals surface area (Å²) in [4.78, 5) is 180. The van der Waals surface area contributed by atoms with E-state index in [2.05, 4.69) is 57.8 Å². The topological polar surface area (TPSA) is 572 Å². The van der Waals surface area contributed by atoms with Gasteiger partial charge in [-0.2, -0.15) is 0 Å². The van der Waals surface area contributed by atoms with Crippen LogP contribution < -0.4 is 76.1 Å². The van der Waals surface area contributed by atoms with E-state index in [4.69, 9.17) is 22.9 Å². The molecule has 0 unspecified atom stereocenters. The first kappa shape index (κ1) is 78.1. The molecule has 0 saturated carbocycles. The van der Waals surface area contributed by atoms with Gasteiger partial charge in [0.1, 0.15) is 60.4 Å². The molecule has 34 heteroatoms. The van der Waals surface area contributed by atoms with Crippen molar-refractivity contribution in [3.8, 4) is 0 Å². The summed E-state index contributed by atoms with van der Waals surface area (Å²) in [6.07, 6.45) is 1.79.